The number of rotatable bonds is 2. The van der Waals surface area contributed by atoms with Crippen molar-refractivity contribution in [3.63, 3.8) is 0 Å². The van der Waals surface area contributed by atoms with Crippen molar-refractivity contribution in [1.82, 2.24) is 9.88 Å². The van der Waals surface area contributed by atoms with Gasteiger partial charge in [-0.1, -0.05) is 72.3 Å². The summed E-state index contributed by atoms with van der Waals surface area (Å²) in [5.41, 5.74) is 9.57. The van der Waals surface area contributed by atoms with Crippen molar-refractivity contribution in [2.24, 2.45) is 0 Å². The van der Waals surface area contributed by atoms with Crippen molar-refractivity contribution < 1.29 is 0 Å². The van der Waals surface area contributed by atoms with Gasteiger partial charge in [0.25, 0.3) is 0 Å². The third kappa shape index (κ3) is 4.52. The third-order valence-electron chi connectivity index (χ3n) is 5.83. The van der Waals surface area contributed by atoms with Crippen LogP contribution in [0.3, 0.4) is 0 Å². The van der Waals surface area contributed by atoms with E-state index in [1.165, 1.54) is 27.8 Å². The lowest BCUT2D eigenvalue weighted by Gasteiger charge is -2.30. The van der Waals surface area contributed by atoms with E-state index in [4.69, 9.17) is 0 Å². The van der Waals surface area contributed by atoms with Gasteiger partial charge in [0.15, 0.2) is 0 Å². The summed E-state index contributed by atoms with van der Waals surface area (Å²) in [4.78, 5) is 7.02. The monoisotopic (exact) mass is 436 g/mol. The molecule has 0 bridgehead atoms. The summed E-state index contributed by atoms with van der Waals surface area (Å²) in [5.74, 6) is 0. The summed E-state index contributed by atoms with van der Waals surface area (Å²) < 4.78 is 0. The van der Waals surface area contributed by atoms with E-state index in [1.807, 2.05) is 12.3 Å². The van der Waals surface area contributed by atoms with Gasteiger partial charge in [-0.3, -0.25) is 9.88 Å². The zero-order valence-electron chi connectivity index (χ0n) is 16.8. The Kier molecular flexibility index (Phi) is 7.49. The van der Waals surface area contributed by atoms with E-state index >= 15 is 0 Å². The molecule has 0 spiro atoms. The van der Waals surface area contributed by atoms with Crippen LogP contribution >= 0.6 is 24.8 Å². The summed E-state index contributed by atoms with van der Waals surface area (Å²) in [6.07, 6.45) is 8.64. The second-order valence-corrected chi connectivity index (χ2v) is 7.58. The Bertz CT molecular complexity index is 996. The second kappa shape index (κ2) is 10.1. The minimum Gasteiger partial charge on any atom is -0.297 e. The largest absolute Gasteiger partial charge is 0.297 e. The molecule has 0 amide bonds. The third-order valence-corrected chi connectivity index (χ3v) is 5.83. The number of likely N-dealkylation sites (tertiary alicyclic amines) is 1. The average Bonchev–Trinajstić information content (AvgIpc) is 2.92. The normalized spacial score (nSPS) is 15.3. The van der Waals surface area contributed by atoms with Gasteiger partial charge in [0.2, 0.25) is 0 Å². The lowest BCUT2D eigenvalue weighted by molar-refractivity contribution is 0.246. The molecule has 0 radical (unpaired) electrons. The van der Waals surface area contributed by atoms with Crippen LogP contribution in [0.1, 0.15) is 40.8 Å². The molecule has 1 fully saturated rings. The van der Waals surface area contributed by atoms with Crippen LogP contribution in [-0.2, 0) is 6.54 Å². The van der Waals surface area contributed by atoms with Crippen LogP contribution in [-0.4, -0.2) is 23.0 Å². The zero-order chi connectivity index (χ0) is 18.8. The Morgan fingerprint density at radius 2 is 1.27 bits per heavy atom. The fourth-order valence-electron chi connectivity index (χ4n) is 4.40. The smallest absolute Gasteiger partial charge is 0.0543 e. The Hall–Kier alpha value is -2.39. The number of aromatic nitrogens is 1. The summed E-state index contributed by atoms with van der Waals surface area (Å²) in [6, 6.07) is 23.8. The molecule has 4 heteroatoms. The Labute approximate surface area is 191 Å². The van der Waals surface area contributed by atoms with Crippen LogP contribution in [0, 0.1) is 0 Å². The molecule has 0 saturated carbocycles. The van der Waals surface area contributed by atoms with Gasteiger partial charge in [0.1, 0.15) is 0 Å². The highest BCUT2D eigenvalue weighted by atomic mass is 35.5. The summed E-state index contributed by atoms with van der Waals surface area (Å²) in [5, 5.41) is 0. The first kappa shape index (κ1) is 22.3. The van der Waals surface area contributed by atoms with Crippen LogP contribution in [0.2, 0.25) is 0 Å². The number of hydrogen-bond acceptors (Lipinski definition) is 2. The molecule has 1 saturated heterocycles. The molecule has 154 valence electrons. The highest BCUT2D eigenvalue weighted by Crippen LogP contribution is 2.38. The van der Waals surface area contributed by atoms with Gasteiger partial charge in [0.05, 0.1) is 5.69 Å². The van der Waals surface area contributed by atoms with Crippen LogP contribution in [0.5, 0.6) is 0 Å². The molecule has 1 aliphatic carbocycles. The van der Waals surface area contributed by atoms with Crippen molar-refractivity contribution >= 4 is 42.5 Å². The maximum absolute atomic E-state index is 4.49. The van der Waals surface area contributed by atoms with E-state index < -0.39 is 0 Å². The Morgan fingerprint density at radius 3 is 1.83 bits per heavy atom. The maximum atomic E-state index is 4.49. The summed E-state index contributed by atoms with van der Waals surface area (Å²) >= 11 is 0. The Morgan fingerprint density at radius 1 is 0.700 bits per heavy atom. The van der Waals surface area contributed by atoms with E-state index in [0.717, 1.165) is 38.2 Å². The minimum absolute atomic E-state index is 0. The molecule has 1 aliphatic heterocycles. The number of pyridine rings is 1. The lowest BCUT2D eigenvalue weighted by atomic mass is 9.86. The first-order chi connectivity index (χ1) is 13.9. The number of benzene rings is 2. The molecule has 2 heterocycles. The topological polar surface area (TPSA) is 16.1 Å². The second-order valence-electron chi connectivity index (χ2n) is 7.58. The van der Waals surface area contributed by atoms with Gasteiger partial charge in [-0.15, -0.1) is 24.8 Å². The molecule has 5 rings (SSSR count). The van der Waals surface area contributed by atoms with Crippen molar-refractivity contribution in [2.45, 2.75) is 19.4 Å². The Balaban J connectivity index is 0.00000128. The van der Waals surface area contributed by atoms with E-state index in [0.29, 0.717) is 0 Å². The van der Waals surface area contributed by atoms with Gasteiger partial charge in [-0.25, -0.2) is 0 Å². The predicted octanol–water partition coefficient (Wildman–Crippen LogP) is 6.51. The highest BCUT2D eigenvalue weighted by Gasteiger charge is 2.22. The lowest BCUT2D eigenvalue weighted by Crippen LogP contribution is -2.31. The molecule has 3 aromatic rings. The quantitative estimate of drug-likeness (QED) is 0.356. The van der Waals surface area contributed by atoms with Crippen LogP contribution in [0.15, 0.2) is 78.5 Å². The molecule has 0 N–H and O–H groups in total. The molecule has 2 aromatic carbocycles. The molecular weight excluding hydrogens is 411 g/mol. The molecular formula is C26H26Cl2N2. The molecule has 0 atom stereocenters. The number of hydrogen-bond donors (Lipinski definition) is 0. The number of fused-ring (bicyclic) bond motifs is 2. The molecule has 2 aliphatic rings. The van der Waals surface area contributed by atoms with Crippen molar-refractivity contribution in [1.29, 1.82) is 0 Å². The standard InChI is InChI=1S/C26H24N2.2ClH/c1-3-10-24-20(7-1)12-13-21-8-2-4-11-25(21)26(24)22-14-17-28(18-15-22)19-23-9-5-6-16-27-23;;/h1-13,16H,14-15,17-19H2;2*1H. The van der Waals surface area contributed by atoms with E-state index in [2.05, 4.69) is 82.7 Å². The number of piperidine rings is 1. The molecule has 0 unspecified atom stereocenters. The number of halogens is 2. The number of nitrogens with zero attached hydrogens (tertiary/aromatic N) is 2. The fourth-order valence-corrected chi connectivity index (χ4v) is 4.40. The first-order valence-electron chi connectivity index (χ1n) is 10.1. The van der Waals surface area contributed by atoms with Gasteiger partial charge >= 0.3 is 0 Å². The molecule has 2 nitrogen and oxygen atoms in total. The van der Waals surface area contributed by atoms with Crippen molar-refractivity contribution in [3.05, 3.63) is 106 Å². The highest BCUT2D eigenvalue weighted by molar-refractivity contribution is 5.94. The molecule has 30 heavy (non-hydrogen) atoms. The predicted molar refractivity (Wildman–Crippen MR) is 131 cm³/mol. The first-order valence-corrected chi connectivity index (χ1v) is 10.1. The maximum Gasteiger partial charge on any atom is 0.0543 e. The minimum atomic E-state index is 0. The van der Waals surface area contributed by atoms with Crippen LogP contribution in [0.25, 0.3) is 17.7 Å². The van der Waals surface area contributed by atoms with E-state index in [1.54, 1.807) is 5.57 Å². The molecule has 1 aromatic heterocycles. The van der Waals surface area contributed by atoms with E-state index in [-0.39, 0.29) is 24.8 Å². The van der Waals surface area contributed by atoms with Gasteiger partial charge < -0.3 is 0 Å². The van der Waals surface area contributed by atoms with Crippen molar-refractivity contribution in [2.75, 3.05) is 13.1 Å². The van der Waals surface area contributed by atoms with Gasteiger partial charge in [0, 0.05) is 25.8 Å². The zero-order valence-corrected chi connectivity index (χ0v) is 18.5. The summed E-state index contributed by atoms with van der Waals surface area (Å²) in [7, 11) is 0. The summed E-state index contributed by atoms with van der Waals surface area (Å²) in [6.45, 7) is 3.12. The van der Waals surface area contributed by atoms with Crippen LogP contribution < -0.4 is 0 Å². The van der Waals surface area contributed by atoms with Crippen LogP contribution in [0.4, 0.5) is 0 Å². The fraction of sp³-hybridized carbons (Fsp3) is 0.192. The van der Waals surface area contributed by atoms with Crippen molar-refractivity contribution in [3.8, 4) is 0 Å². The van der Waals surface area contributed by atoms with Gasteiger partial charge in [-0.2, -0.15) is 0 Å². The SMILES string of the molecule is C1=Cc2ccccc2C(=C2CCN(Cc3ccccn3)CC2)c2ccccc21.Cl.Cl. The van der Waals surface area contributed by atoms with Gasteiger partial charge in [-0.05, 0) is 52.8 Å². The average molecular weight is 437 g/mol. The van der Waals surface area contributed by atoms with E-state index in [9.17, 15) is 0 Å².